The third-order valence-corrected chi connectivity index (χ3v) is 4.51. The standard InChI is InChI=1S/C19H13ClF2N2/c1-11-7-8-24-16-6-5-12(20)9-13(16)19(23-10-17(11)24)18-14(21)3-2-4-15(18)22/h2-9H,10H2,1H3. The molecule has 24 heavy (non-hydrogen) atoms. The highest BCUT2D eigenvalue weighted by molar-refractivity contribution is 6.31. The summed E-state index contributed by atoms with van der Waals surface area (Å²) in [5.74, 6) is -1.27. The SMILES string of the molecule is Cc1ccn2c1CN=C(c1c(F)cccc1F)c1cc(Cl)ccc1-2. The van der Waals surface area contributed by atoms with E-state index in [1.54, 1.807) is 12.1 Å². The van der Waals surface area contributed by atoms with Gasteiger partial charge in [0.1, 0.15) is 11.6 Å². The summed E-state index contributed by atoms with van der Waals surface area (Å²) < 4.78 is 30.7. The average Bonchev–Trinajstić information content (AvgIpc) is 2.83. The molecule has 4 rings (SSSR count). The van der Waals surface area contributed by atoms with E-state index >= 15 is 0 Å². The second-order valence-electron chi connectivity index (χ2n) is 5.74. The largest absolute Gasteiger partial charge is 0.318 e. The Morgan fingerprint density at radius 2 is 1.83 bits per heavy atom. The number of rotatable bonds is 1. The molecule has 0 bridgehead atoms. The summed E-state index contributed by atoms with van der Waals surface area (Å²) in [5.41, 5.74) is 3.65. The van der Waals surface area contributed by atoms with Gasteiger partial charge in [-0.25, -0.2) is 8.78 Å². The first-order valence-corrected chi connectivity index (χ1v) is 7.90. The molecule has 2 nitrogen and oxygen atoms in total. The van der Waals surface area contributed by atoms with Gasteiger partial charge in [-0.2, -0.15) is 0 Å². The van der Waals surface area contributed by atoms with E-state index in [-0.39, 0.29) is 11.3 Å². The summed E-state index contributed by atoms with van der Waals surface area (Å²) in [6.07, 6.45) is 1.94. The van der Waals surface area contributed by atoms with Crippen LogP contribution in [0.5, 0.6) is 0 Å². The Morgan fingerprint density at radius 1 is 1.08 bits per heavy atom. The minimum absolute atomic E-state index is 0.121. The maximum Gasteiger partial charge on any atom is 0.135 e. The van der Waals surface area contributed by atoms with Crippen molar-refractivity contribution in [2.75, 3.05) is 0 Å². The molecule has 0 aliphatic carbocycles. The third-order valence-electron chi connectivity index (χ3n) is 4.28. The number of fused-ring (bicyclic) bond motifs is 3. The monoisotopic (exact) mass is 342 g/mol. The van der Waals surface area contributed by atoms with E-state index in [0.29, 0.717) is 17.1 Å². The molecule has 3 aromatic rings. The van der Waals surface area contributed by atoms with E-state index in [9.17, 15) is 8.78 Å². The van der Waals surface area contributed by atoms with Gasteiger partial charge in [0, 0.05) is 22.5 Å². The number of nitrogens with zero attached hydrogens (tertiary/aromatic N) is 2. The van der Waals surface area contributed by atoms with Crippen molar-refractivity contribution in [1.29, 1.82) is 0 Å². The lowest BCUT2D eigenvalue weighted by atomic mass is 9.99. The Hall–Kier alpha value is -2.46. The summed E-state index contributed by atoms with van der Waals surface area (Å²) in [6, 6.07) is 11.1. The fourth-order valence-electron chi connectivity index (χ4n) is 3.07. The van der Waals surface area contributed by atoms with E-state index in [0.717, 1.165) is 16.9 Å². The van der Waals surface area contributed by atoms with Crippen LogP contribution in [0.3, 0.4) is 0 Å². The van der Waals surface area contributed by atoms with E-state index in [1.807, 2.05) is 29.8 Å². The van der Waals surface area contributed by atoms with Crippen LogP contribution in [-0.2, 0) is 6.54 Å². The molecule has 120 valence electrons. The fraction of sp³-hybridized carbons (Fsp3) is 0.105. The summed E-state index contributed by atoms with van der Waals surface area (Å²) in [6.45, 7) is 2.33. The lowest BCUT2D eigenvalue weighted by Gasteiger charge is -2.13. The molecule has 2 heterocycles. The predicted molar refractivity (Wildman–Crippen MR) is 91.2 cm³/mol. The fourth-order valence-corrected chi connectivity index (χ4v) is 3.25. The maximum atomic E-state index is 14.3. The molecule has 1 aromatic heterocycles. The zero-order valence-corrected chi connectivity index (χ0v) is 13.6. The Bertz CT molecular complexity index is 969. The van der Waals surface area contributed by atoms with Gasteiger partial charge in [-0.15, -0.1) is 0 Å². The van der Waals surface area contributed by atoms with Crippen molar-refractivity contribution in [2.24, 2.45) is 4.99 Å². The first-order chi connectivity index (χ1) is 11.6. The van der Waals surface area contributed by atoms with Gasteiger partial charge in [-0.1, -0.05) is 17.7 Å². The van der Waals surface area contributed by atoms with Gasteiger partial charge >= 0.3 is 0 Å². The van der Waals surface area contributed by atoms with E-state index in [1.165, 1.54) is 18.2 Å². The normalized spacial score (nSPS) is 13.1. The second-order valence-corrected chi connectivity index (χ2v) is 6.17. The van der Waals surface area contributed by atoms with Gasteiger partial charge < -0.3 is 4.57 Å². The van der Waals surface area contributed by atoms with Crippen molar-refractivity contribution in [3.05, 3.63) is 87.7 Å². The van der Waals surface area contributed by atoms with Crippen molar-refractivity contribution < 1.29 is 8.78 Å². The summed E-state index contributed by atoms with van der Waals surface area (Å²) in [7, 11) is 0. The van der Waals surface area contributed by atoms with E-state index in [2.05, 4.69) is 4.99 Å². The number of hydrogen-bond acceptors (Lipinski definition) is 1. The molecule has 1 aliphatic rings. The first kappa shape index (κ1) is 15.1. The number of aromatic nitrogens is 1. The molecule has 0 fully saturated rings. The number of aliphatic imine (C=N–C) groups is 1. The van der Waals surface area contributed by atoms with Gasteiger partial charge in [-0.3, -0.25) is 4.99 Å². The molecule has 0 N–H and O–H groups in total. The average molecular weight is 343 g/mol. The van der Waals surface area contributed by atoms with Gasteiger partial charge in [0.15, 0.2) is 0 Å². The molecular weight excluding hydrogens is 330 g/mol. The zero-order valence-electron chi connectivity index (χ0n) is 12.9. The zero-order chi connectivity index (χ0) is 16.8. The van der Waals surface area contributed by atoms with Crippen molar-refractivity contribution in [2.45, 2.75) is 13.5 Å². The van der Waals surface area contributed by atoms with Gasteiger partial charge in [0.25, 0.3) is 0 Å². The molecule has 2 aromatic carbocycles. The van der Waals surface area contributed by atoms with Crippen molar-refractivity contribution in [3.8, 4) is 5.69 Å². The summed E-state index contributed by atoms with van der Waals surface area (Å²) >= 11 is 6.14. The Balaban J connectivity index is 2.05. The molecule has 5 heteroatoms. The van der Waals surface area contributed by atoms with Crippen LogP contribution < -0.4 is 0 Å². The topological polar surface area (TPSA) is 17.3 Å². The highest BCUT2D eigenvalue weighted by Gasteiger charge is 2.24. The Kier molecular flexibility index (Phi) is 3.50. The van der Waals surface area contributed by atoms with Crippen LogP contribution in [0.2, 0.25) is 5.02 Å². The third kappa shape index (κ3) is 2.26. The molecule has 0 spiro atoms. The predicted octanol–water partition coefficient (Wildman–Crippen LogP) is 5.07. The maximum absolute atomic E-state index is 14.3. The quantitative estimate of drug-likeness (QED) is 0.587. The van der Waals surface area contributed by atoms with Crippen LogP contribution in [0, 0.1) is 18.6 Å². The van der Waals surface area contributed by atoms with Gasteiger partial charge in [-0.05, 0) is 48.9 Å². The van der Waals surface area contributed by atoms with Crippen LogP contribution in [0.4, 0.5) is 8.78 Å². The highest BCUT2D eigenvalue weighted by Crippen LogP contribution is 2.30. The van der Waals surface area contributed by atoms with Crippen LogP contribution >= 0.6 is 11.6 Å². The van der Waals surface area contributed by atoms with Crippen LogP contribution in [0.1, 0.15) is 22.4 Å². The highest BCUT2D eigenvalue weighted by atomic mass is 35.5. The Labute approximate surface area is 143 Å². The molecule has 0 unspecified atom stereocenters. The Morgan fingerprint density at radius 3 is 2.58 bits per heavy atom. The molecular formula is C19H13ClF2N2. The molecule has 0 radical (unpaired) electrons. The number of hydrogen-bond donors (Lipinski definition) is 0. The molecule has 1 aliphatic heterocycles. The number of benzene rings is 2. The molecule has 0 saturated heterocycles. The van der Waals surface area contributed by atoms with Crippen LogP contribution in [-0.4, -0.2) is 10.3 Å². The second kappa shape index (κ2) is 5.56. The van der Waals surface area contributed by atoms with Crippen molar-refractivity contribution in [3.63, 3.8) is 0 Å². The number of halogens is 3. The summed E-state index contributed by atoms with van der Waals surface area (Å²) in [5, 5.41) is 0.491. The van der Waals surface area contributed by atoms with Gasteiger partial charge in [0.05, 0.1) is 23.5 Å². The van der Waals surface area contributed by atoms with Crippen LogP contribution in [0.25, 0.3) is 5.69 Å². The van der Waals surface area contributed by atoms with Gasteiger partial charge in [0.2, 0.25) is 0 Å². The van der Waals surface area contributed by atoms with E-state index in [4.69, 9.17) is 11.6 Å². The van der Waals surface area contributed by atoms with Crippen molar-refractivity contribution >= 4 is 17.3 Å². The molecule has 0 amide bonds. The summed E-state index contributed by atoms with van der Waals surface area (Å²) in [4.78, 5) is 4.53. The van der Waals surface area contributed by atoms with Crippen molar-refractivity contribution in [1.82, 2.24) is 4.57 Å². The first-order valence-electron chi connectivity index (χ1n) is 7.52. The molecule has 0 saturated carbocycles. The minimum Gasteiger partial charge on any atom is -0.318 e. The lowest BCUT2D eigenvalue weighted by Crippen LogP contribution is -2.11. The van der Waals surface area contributed by atoms with Crippen LogP contribution in [0.15, 0.2) is 53.7 Å². The smallest absolute Gasteiger partial charge is 0.135 e. The minimum atomic E-state index is -0.636. The molecule has 0 atom stereocenters. The lowest BCUT2D eigenvalue weighted by molar-refractivity contribution is 0.579. The number of aryl methyl sites for hydroxylation is 1. The van der Waals surface area contributed by atoms with E-state index < -0.39 is 11.6 Å².